The highest BCUT2D eigenvalue weighted by Gasteiger charge is 2.45. The SMILES string of the molecule is Cc1nnc(-c2c(CCC3CCOCC3)nc3c(c2-c2cc4ccnc(N[C@H]5CCc6ccc(F)cc65)c4s2)C(=O)N2CCC[C@@H]32)o1. The average molecular weight is 651 g/mol. The Morgan fingerprint density at radius 1 is 1.06 bits per heavy atom. The van der Waals surface area contributed by atoms with Gasteiger partial charge in [-0.2, -0.15) is 0 Å². The fourth-order valence-corrected chi connectivity index (χ4v) is 9.23. The molecule has 4 aliphatic rings. The Labute approximate surface area is 275 Å². The van der Waals surface area contributed by atoms with Crippen LogP contribution in [0.2, 0.25) is 0 Å². The van der Waals surface area contributed by atoms with Gasteiger partial charge in [0.1, 0.15) is 11.6 Å². The van der Waals surface area contributed by atoms with E-state index in [1.165, 1.54) is 11.6 Å². The maximum atomic E-state index is 14.2. The number of fused-ring (bicyclic) bond motifs is 5. The number of pyridine rings is 2. The van der Waals surface area contributed by atoms with Gasteiger partial charge in [-0.3, -0.25) is 9.78 Å². The zero-order valence-corrected chi connectivity index (χ0v) is 27.0. The van der Waals surface area contributed by atoms with Crippen molar-refractivity contribution < 1.29 is 18.3 Å². The van der Waals surface area contributed by atoms with Crippen molar-refractivity contribution in [3.8, 4) is 21.9 Å². The zero-order chi connectivity index (χ0) is 31.6. The molecule has 9 nitrogen and oxygen atoms in total. The summed E-state index contributed by atoms with van der Waals surface area (Å²) in [6, 6.07) is 9.17. The maximum Gasteiger partial charge on any atom is 0.257 e. The van der Waals surface area contributed by atoms with Crippen molar-refractivity contribution in [3.63, 3.8) is 0 Å². The molecule has 0 spiro atoms. The van der Waals surface area contributed by atoms with Crippen LogP contribution < -0.4 is 5.32 Å². The van der Waals surface area contributed by atoms with E-state index in [2.05, 4.69) is 21.6 Å². The van der Waals surface area contributed by atoms with E-state index in [0.717, 1.165) is 120 Å². The average Bonchev–Trinajstić information content (AvgIpc) is 3.92. The van der Waals surface area contributed by atoms with Gasteiger partial charge in [0.2, 0.25) is 11.8 Å². The number of thiophene rings is 1. The van der Waals surface area contributed by atoms with E-state index in [9.17, 15) is 9.18 Å². The first-order valence-corrected chi connectivity index (χ1v) is 17.5. The van der Waals surface area contributed by atoms with Crippen molar-refractivity contribution in [3.05, 3.63) is 76.3 Å². The quantitative estimate of drug-likeness (QED) is 0.192. The topological polar surface area (TPSA) is 106 Å². The van der Waals surface area contributed by atoms with E-state index in [4.69, 9.17) is 19.1 Å². The lowest BCUT2D eigenvalue weighted by Gasteiger charge is -2.22. The lowest BCUT2D eigenvalue weighted by Crippen LogP contribution is -2.22. The van der Waals surface area contributed by atoms with Gasteiger partial charge in [0.15, 0.2) is 0 Å². The molecule has 240 valence electrons. The first-order valence-electron chi connectivity index (χ1n) is 16.7. The number of ether oxygens (including phenoxy) is 1. The molecular formula is C36H35FN6O3S. The van der Waals surface area contributed by atoms with Gasteiger partial charge in [0.25, 0.3) is 5.91 Å². The highest BCUT2D eigenvalue weighted by atomic mass is 32.1. The lowest BCUT2D eigenvalue weighted by atomic mass is 9.90. The molecule has 2 atom stereocenters. The van der Waals surface area contributed by atoms with E-state index in [1.807, 2.05) is 23.2 Å². The summed E-state index contributed by atoms with van der Waals surface area (Å²) in [7, 11) is 0. The van der Waals surface area contributed by atoms with Gasteiger partial charge in [-0.25, -0.2) is 9.37 Å². The van der Waals surface area contributed by atoms with Gasteiger partial charge in [-0.15, -0.1) is 21.5 Å². The Hall–Kier alpha value is -4.22. The number of hydrogen-bond donors (Lipinski definition) is 1. The molecule has 5 aromatic rings. The second kappa shape index (κ2) is 11.5. The van der Waals surface area contributed by atoms with Crippen LogP contribution in [0.3, 0.4) is 0 Å². The van der Waals surface area contributed by atoms with E-state index >= 15 is 0 Å². The Morgan fingerprint density at radius 3 is 2.81 bits per heavy atom. The van der Waals surface area contributed by atoms with Gasteiger partial charge in [0, 0.05) is 43.3 Å². The number of aromatic nitrogens is 4. The number of hydrogen-bond acceptors (Lipinski definition) is 9. The first kappa shape index (κ1) is 29.0. The monoisotopic (exact) mass is 650 g/mol. The minimum Gasteiger partial charge on any atom is -0.421 e. The Kier molecular flexibility index (Phi) is 7.08. The molecule has 7 heterocycles. The molecule has 47 heavy (non-hydrogen) atoms. The number of aryl methyl sites for hydroxylation is 3. The third-order valence-corrected chi connectivity index (χ3v) is 11.6. The first-order chi connectivity index (χ1) is 23.0. The fourth-order valence-electron chi connectivity index (χ4n) is 8.06. The number of carbonyl (C=O) groups excluding carboxylic acids is 1. The second-order valence-corrected chi connectivity index (χ2v) is 14.3. The standard InChI is InChI=1S/C36H35FN6O3S/c1-19-41-42-35(46-19)29-26(8-4-20-11-15-45-16-12-20)39-32-27-3-2-14-43(27)36(44)31(32)30(29)28-17-22-10-13-38-34(33(22)47-28)40-25-9-6-21-5-7-23(37)18-24(21)25/h5,7,10,13,17-18,20,25,27H,2-4,6,8-9,11-12,14-16H2,1H3,(H,38,40)/t25-,27-/m0/s1. The number of carbonyl (C=O) groups is 1. The van der Waals surface area contributed by atoms with Crippen LogP contribution in [0.4, 0.5) is 10.2 Å². The van der Waals surface area contributed by atoms with Gasteiger partial charge >= 0.3 is 0 Å². The molecule has 4 aromatic heterocycles. The van der Waals surface area contributed by atoms with Gasteiger partial charge in [0.05, 0.1) is 39.3 Å². The number of nitrogens with one attached hydrogen (secondary N) is 1. The van der Waals surface area contributed by atoms with Gasteiger partial charge in [-0.1, -0.05) is 6.07 Å². The highest BCUT2D eigenvalue weighted by Crippen LogP contribution is 2.50. The number of benzene rings is 1. The minimum absolute atomic E-state index is 0.00680. The summed E-state index contributed by atoms with van der Waals surface area (Å²) in [6.07, 6.45) is 9.27. The number of anilines is 1. The molecule has 2 fully saturated rings. The van der Waals surface area contributed by atoms with Crippen LogP contribution in [0.25, 0.3) is 32.0 Å². The maximum absolute atomic E-state index is 14.2. The molecule has 1 amide bonds. The zero-order valence-electron chi connectivity index (χ0n) is 26.2. The molecular weight excluding hydrogens is 616 g/mol. The molecule has 0 bridgehead atoms. The summed E-state index contributed by atoms with van der Waals surface area (Å²) in [5.41, 5.74) is 6.20. The molecule has 3 aliphatic heterocycles. The summed E-state index contributed by atoms with van der Waals surface area (Å²) in [4.78, 5) is 27.2. The van der Waals surface area contributed by atoms with E-state index in [1.54, 1.807) is 24.3 Å². The van der Waals surface area contributed by atoms with Crippen molar-refractivity contribution in [2.24, 2.45) is 5.92 Å². The van der Waals surface area contributed by atoms with Crippen molar-refractivity contribution in [1.82, 2.24) is 25.1 Å². The van der Waals surface area contributed by atoms with Crippen LogP contribution in [0, 0.1) is 18.7 Å². The fraction of sp³-hybridized carbons (Fsp3) is 0.417. The van der Waals surface area contributed by atoms with Crippen LogP contribution in [0.5, 0.6) is 0 Å². The van der Waals surface area contributed by atoms with Gasteiger partial charge in [-0.05, 0) is 98.1 Å². The summed E-state index contributed by atoms with van der Waals surface area (Å²) in [5.74, 6) is 1.98. The molecule has 1 aromatic carbocycles. The number of rotatable bonds is 7. The smallest absolute Gasteiger partial charge is 0.257 e. The second-order valence-electron chi connectivity index (χ2n) is 13.2. The Bertz CT molecular complexity index is 2030. The molecule has 1 N–H and O–H groups in total. The van der Waals surface area contributed by atoms with E-state index in [0.29, 0.717) is 23.3 Å². The summed E-state index contributed by atoms with van der Waals surface area (Å²) in [6.45, 7) is 4.11. The Morgan fingerprint density at radius 2 is 1.96 bits per heavy atom. The molecule has 0 saturated carbocycles. The van der Waals surface area contributed by atoms with Crippen LogP contribution in [0.1, 0.15) is 89.4 Å². The van der Waals surface area contributed by atoms with Crippen LogP contribution >= 0.6 is 11.3 Å². The minimum atomic E-state index is -0.227. The predicted octanol–water partition coefficient (Wildman–Crippen LogP) is 7.61. The molecule has 9 rings (SSSR count). The highest BCUT2D eigenvalue weighted by molar-refractivity contribution is 7.23. The lowest BCUT2D eigenvalue weighted by molar-refractivity contribution is 0.0639. The number of halogens is 1. The van der Waals surface area contributed by atoms with E-state index in [-0.39, 0.29) is 23.8 Å². The molecule has 2 saturated heterocycles. The van der Waals surface area contributed by atoms with E-state index < -0.39 is 0 Å². The van der Waals surface area contributed by atoms with Crippen LogP contribution in [-0.4, -0.2) is 50.7 Å². The number of nitrogens with zero attached hydrogens (tertiary/aromatic N) is 5. The molecule has 0 unspecified atom stereocenters. The summed E-state index contributed by atoms with van der Waals surface area (Å²) in [5, 5.41) is 13.4. The van der Waals surface area contributed by atoms with Crippen molar-refractivity contribution in [2.45, 2.75) is 70.4 Å². The molecule has 1 aliphatic carbocycles. The number of amides is 1. The predicted molar refractivity (Wildman–Crippen MR) is 177 cm³/mol. The van der Waals surface area contributed by atoms with Gasteiger partial charge < -0.3 is 19.4 Å². The summed E-state index contributed by atoms with van der Waals surface area (Å²) < 4.78 is 27.0. The molecule has 11 heteroatoms. The van der Waals surface area contributed by atoms with Crippen molar-refractivity contribution >= 4 is 33.1 Å². The molecule has 0 radical (unpaired) electrons. The Balaban J connectivity index is 1.20. The van der Waals surface area contributed by atoms with Crippen LogP contribution in [0.15, 0.2) is 40.9 Å². The largest absolute Gasteiger partial charge is 0.421 e. The van der Waals surface area contributed by atoms with Crippen molar-refractivity contribution in [1.29, 1.82) is 0 Å². The third-order valence-electron chi connectivity index (χ3n) is 10.4. The third kappa shape index (κ3) is 4.93. The summed E-state index contributed by atoms with van der Waals surface area (Å²) >= 11 is 1.61. The van der Waals surface area contributed by atoms with Crippen molar-refractivity contribution in [2.75, 3.05) is 25.1 Å². The van der Waals surface area contributed by atoms with Crippen LogP contribution in [-0.2, 0) is 17.6 Å². The normalized spacial score (nSPS) is 20.6.